The SMILES string of the molecule is O=C(O)[C@@H]1[C@H]2CCC[C@@H](CN1C(=O)N(c1ccccc1)c1ccccc1)N2C(=O)N1c2ccccc2C=Nc2ccccc21. The van der Waals surface area contributed by atoms with Crippen molar-refractivity contribution in [3.63, 3.8) is 0 Å². The van der Waals surface area contributed by atoms with E-state index in [0.29, 0.717) is 41.3 Å². The monoisotopic (exact) mass is 585 g/mol. The number of fused-ring (bicyclic) bond motifs is 4. The molecule has 9 nitrogen and oxygen atoms in total. The highest BCUT2D eigenvalue weighted by Crippen LogP contribution is 2.42. The molecule has 9 heteroatoms. The van der Waals surface area contributed by atoms with Gasteiger partial charge >= 0.3 is 18.0 Å². The van der Waals surface area contributed by atoms with Gasteiger partial charge in [-0.25, -0.2) is 14.4 Å². The zero-order valence-electron chi connectivity index (χ0n) is 23.9. The molecule has 4 aromatic carbocycles. The van der Waals surface area contributed by atoms with Crippen LogP contribution >= 0.6 is 0 Å². The topological polar surface area (TPSA) is 96.8 Å². The summed E-state index contributed by atoms with van der Waals surface area (Å²) >= 11 is 0. The first-order valence-corrected chi connectivity index (χ1v) is 14.8. The zero-order chi connectivity index (χ0) is 30.2. The van der Waals surface area contributed by atoms with E-state index in [9.17, 15) is 19.5 Å². The predicted molar refractivity (Wildman–Crippen MR) is 169 cm³/mol. The standard InChI is InChI=1S/C35H31N5O4/c41-33(42)32-31-21-11-17-27(23-37(32)34(43)38(25-13-3-1-4-14-25)26-15-5-2-6-16-26)39(31)35(44)40-29-19-9-7-12-24(29)22-36-28-18-8-10-20-30(28)40/h1-10,12-16,18-20,22,27,31-32H,11,17,21,23H2,(H,41,42)/t27-,31+,32-/m0/s1. The molecular weight excluding hydrogens is 554 g/mol. The number of aliphatic carboxylic acids is 1. The Morgan fingerprint density at radius 1 is 0.750 bits per heavy atom. The van der Waals surface area contributed by atoms with E-state index < -0.39 is 24.1 Å². The third kappa shape index (κ3) is 4.66. The summed E-state index contributed by atoms with van der Waals surface area (Å²) in [6, 6.07) is 30.4. The number of carboxylic acids is 1. The molecule has 2 fully saturated rings. The number of hydrogen-bond acceptors (Lipinski definition) is 4. The molecule has 0 aromatic heterocycles. The number of nitrogens with zero attached hydrogens (tertiary/aromatic N) is 5. The maximum absolute atomic E-state index is 14.8. The van der Waals surface area contributed by atoms with Crippen LogP contribution in [0.1, 0.15) is 24.8 Å². The number of rotatable bonds is 3. The molecule has 2 saturated heterocycles. The van der Waals surface area contributed by atoms with Crippen LogP contribution in [0, 0.1) is 0 Å². The maximum Gasteiger partial charge on any atom is 0.329 e. The highest BCUT2D eigenvalue weighted by Gasteiger charge is 2.53. The molecule has 4 aromatic rings. The summed E-state index contributed by atoms with van der Waals surface area (Å²) in [5, 5.41) is 10.7. The van der Waals surface area contributed by atoms with Crippen molar-refractivity contribution < 1.29 is 19.5 Å². The molecule has 1 N–H and O–H groups in total. The van der Waals surface area contributed by atoms with E-state index in [4.69, 9.17) is 0 Å². The lowest BCUT2D eigenvalue weighted by molar-refractivity contribution is -0.148. The van der Waals surface area contributed by atoms with Gasteiger partial charge in [0.05, 0.1) is 40.5 Å². The van der Waals surface area contributed by atoms with Gasteiger partial charge in [0.25, 0.3) is 0 Å². The van der Waals surface area contributed by atoms with Crippen LogP contribution in [0.4, 0.5) is 38.0 Å². The van der Waals surface area contributed by atoms with Gasteiger partial charge < -0.3 is 14.9 Å². The molecule has 0 unspecified atom stereocenters. The van der Waals surface area contributed by atoms with E-state index in [2.05, 4.69) is 4.99 Å². The maximum atomic E-state index is 14.8. The predicted octanol–water partition coefficient (Wildman–Crippen LogP) is 6.96. The molecule has 220 valence electrons. The summed E-state index contributed by atoms with van der Waals surface area (Å²) in [7, 11) is 0. The van der Waals surface area contributed by atoms with Crippen LogP contribution in [0.2, 0.25) is 0 Å². The third-order valence-corrected chi connectivity index (χ3v) is 8.67. The fraction of sp³-hybridized carbons (Fsp3) is 0.200. The fourth-order valence-electron chi connectivity index (χ4n) is 6.75. The molecule has 4 amide bonds. The average molecular weight is 586 g/mol. The number of hydrogen-bond donors (Lipinski definition) is 1. The van der Waals surface area contributed by atoms with Crippen molar-refractivity contribution in [2.45, 2.75) is 37.4 Å². The van der Waals surface area contributed by atoms with Gasteiger partial charge in [0.1, 0.15) is 0 Å². The smallest absolute Gasteiger partial charge is 0.329 e. The van der Waals surface area contributed by atoms with Gasteiger partial charge in [0, 0.05) is 18.3 Å². The van der Waals surface area contributed by atoms with Crippen molar-refractivity contribution in [1.82, 2.24) is 9.80 Å². The Morgan fingerprint density at radius 3 is 2.05 bits per heavy atom. The molecule has 2 bridgehead atoms. The van der Waals surface area contributed by atoms with Crippen molar-refractivity contribution in [3.8, 4) is 0 Å². The number of likely N-dealkylation sites (tertiary alicyclic amines) is 1. The van der Waals surface area contributed by atoms with Crippen LogP contribution in [0.3, 0.4) is 0 Å². The van der Waals surface area contributed by atoms with Crippen LogP contribution in [0.5, 0.6) is 0 Å². The summed E-state index contributed by atoms with van der Waals surface area (Å²) in [5.41, 5.74) is 4.00. The lowest BCUT2D eigenvalue weighted by atomic mass is 9.86. The number of piperidine rings is 1. The van der Waals surface area contributed by atoms with Gasteiger partial charge in [-0.15, -0.1) is 0 Å². The number of carbonyl (C=O) groups excluding carboxylic acids is 2. The third-order valence-electron chi connectivity index (χ3n) is 8.67. The number of anilines is 4. The van der Waals surface area contributed by atoms with Crippen LogP contribution in [0.15, 0.2) is 114 Å². The van der Waals surface area contributed by atoms with Crippen molar-refractivity contribution in [2.75, 3.05) is 16.3 Å². The minimum Gasteiger partial charge on any atom is -0.480 e. The van der Waals surface area contributed by atoms with Crippen LogP contribution in [0.25, 0.3) is 0 Å². The molecule has 44 heavy (non-hydrogen) atoms. The molecule has 3 aliphatic heterocycles. The number of aliphatic imine (C=N–C) groups is 1. The highest BCUT2D eigenvalue weighted by atomic mass is 16.4. The number of urea groups is 2. The Kier molecular flexibility index (Phi) is 7.06. The largest absolute Gasteiger partial charge is 0.480 e. The van der Waals surface area contributed by atoms with Gasteiger partial charge in [0.2, 0.25) is 0 Å². The highest BCUT2D eigenvalue weighted by molar-refractivity contribution is 6.09. The van der Waals surface area contributed by atoms with E-state index in [0.717, 1.165) is 12.0 Å². The Morgan fingerprint density at radius 2 is 1.36 bits per heavy atom. The van der Waals surface area contributed by atoms with Crippen LogP contribution < -0.4 is 9.80 Å². The Labute approximate surface area is 255 Å². The molecule has 3 aliphatic rings. The van der Waals surface area contributed by atoms with E-state index in [-0.39, 0.29) is 18.6 Å². The molecule has 3 heterocycles. The van der Waals surface area contributed by atoms with Gasteiger partial charge in [-0.05, 0) is 61.7 Å². The molecule has 7 rings (SSSR count). The summed E-state index contributed by atoms with van der Waals surface area (Å²) in [6.45, 7) is 0.0990. The summed E-state index contributed by atoms with van der Waals surface area (Å²) in [4.78, 5) is 53.3. The van der Waals surface area contributed by atoms with Gasteiger partial charge in [-0.2, -0.15) is 0 Å². The van der Waals surface area contributed by atoms with Crippen LogP contribution in [-0.2, 0) is 4.79 Å². The van der Waals surface area contributed by atoms with Crippen LogP contribution in [-0.4, -0.2) is 63.8 Å². The molecule has 0 saturated carbocycles. The van der Waals surface area contributed by atoms with E-state index in [1.807, 2.05) is 109 Å². The number of benzene rings is 4. The fourth-order valence-corrected chi connectivity index (χ4v) is 6.75. The van der Waals surface area contributed by atoms with Gasteiger partial charge in [0.15, 0.2) is 6.04 Å². The van der Waals surface area contributed by atoms with E-state index in [1.165, 1.54) is 4.90 Å². The van der Waals surface area contributed by atoms with Crippen molar-refractivity contribution in [2.24, 2.45) is 4.99 Å². The second-order valence-corrected chi connectivity index (χ2v) is 11.2. The molecule has 0 spiro atoms. The van der Waals surface area contributed by atoms with E-state index >= 15 is 0 Å². The Bertz CT molecular complexity index is 1660. The zero-order valence-corrected chi connectivity index (χ0v) is 23.9. The van der Waals surface area contributed by atoms with Gasteiger partial charge in [-0.3, -0.25) is 14.8 Å². The molecule has 3 atom stereocenters. The van der Waals surface area contributed by atoms with E-state index in [1.54, 1.807) is 20.9 Å². The van der Waals surface area contributed by atoms with Crippen molar-refractivity contribution in [3.05, 3.63) is 115 Å². The first-order valence-electron chi connectivity index (χ1n) is 14.8. The average Bonchev–Trinajstić information content (AvgIpc) is 3.22. The Hall–Kier alpha value is -5.44. The first kappa shape index (κ1) is 27.4. The molecular formula is C35H31N5O4. The minimum absolute atomic E-state index is 0.0990. The lowest BCUT2D eigenvalue weighted by Crippen LogP contribution is -2.72. The number of amides is 4. The quantitative estimate of drug-likeness (QED) is 0.281. The minimum atomic E-state index is -1.23. The van der Waals surface area contributed by atoms with Crippen molar-refractivity contribution in [1.29, 1.82) is 0 Å². The number of carbonyl (C=O) groups is 3. The number of carboxylic acid groups (broad SMARTS) is 1. The Balaban J connectivity index is 1.29. The second-order valence-electron chi connectivity index (χ2n) is 11.2. The van der Waals surface area contributed by atoms with Gasteiger partial charge in [-0.1, -0.05) is 66.7 Å². The van der Waals surface area contributed by atoms with Crippen molar-refractivity contribution >= 4 is 52.7 Å². The number of piperazine rings is 1. The first-order chi connectivity index (χ1) is 21.5. The summed E-state index contributed by atoms with van der Waals surface area (Å²) in [5.74, 6) is -1.14. The normalized spacial score (nSPS) is 20.3. The number of para-hydroxylation sites is 5. The summed E-state index contributed by atoms with van der Waals surface area (Å²) < 4.78 is 0. The lowest BCUT2D eigenvalue weighted by Gasteiger charge is -2.54. The second kappa shape index (κ2) is 11.3. The molecule has 0 radical (unpaired) electrons. The molecule has 0 aliphatic carbocycles. The summed E-state index contributed by atoms with van der Waals surface area (Å²) in [6.07, 6.45) is 3.64.